The molecule has 0 aromatic carbocycles. The smallest absolute Gasteiger partial charge is 0.315 e. The van der Waals surface area contributed by atoms with Crippen LogP contribution in [-0.4, -0.2) is 52.8 Å². The first-order chi connectivity index (χ1) is 9.52. The number of carbonyl (C=O) groups excluding carboxylic acids is 1. The van der Waals surface area contributed by atoms with Gasteiger partial charge < -0.3 is 27.2 Å². The second-order valence-corrected chi connectivity index (χ2v) is 6.67. The van der Waals surface area contributed by atoms with E-state index in [0.717, 1.165) is 18.6 Å². The number of nitrogens with one attached hydrogen (secondary N) is 2. The highest BCUT2D eigenvalue weighted by Crippen LogP contribution is 2.33. The quantitative estimate of drug-likeness (QED) is 0.396. The van der Waals surface area contributed by atoms with Crippen molar-refractivity contribution in [2.24, 2.45) is 17.4 Å². The van der Waals surface area contributed by atoms with E-state index in [9.17, 15) is 9.59 Å². The minimum absolute atomic E-state index is 0.0983. The van der Waals surface area contributed by atoms with Gasteiger partial charge in [-0.25, -0.2) is 4.79 Å². The summed E-state index contributed by atoms with van der Waals surface area (Å²) in [6.07, 6.45) is 2.19. The van der Waals surface area contributed by atoms with Crippen molar-refractivity contribution in [3.05, 3.63) is 0 Å². The average molecular weight is 302 g/mol. The van der Waals surface area contributed by atoms with Gasteiger partial charge in [-0.1, -0.05) is 6.42 Å². The maximum atomic E-state index is 11.3. The molecule has 2 amide bonds. The maximum Gasteiger partial charge on any atom is 0.315 e. The van der Waals surface area contributed by atoms with Crippen LogP contribution >= 0.6 is 11.8 Å². The maximum absolute atomic E-state index is 11.3. The van der Waals surface area contributed by atoms with Crippen molar-refractivity contribution in [1.82, 2.24) is 10.6 Å². The van der Waals surface area contributed by atoms with Crippen LogP contribution in [0.5, 0.6) is 0 Å². The molecule has 2 unspecified atom stereocenters. The zero-order valence-electron chi connectivity index (χ0n) is 11.2. The number of thioether (sulfide) groups is 1. The Morgan fingerprint density at radius 2 is 2.25 bits per heavy atom. The molecule has 7 nitrogen and oxygen atoms in total. The molecular formula is C12H22N4O3S. The number of carboxylic acids is 1. The van der Waals surface area contributed by atoms with Crippen LogP contribution in [0.2, 0.25) is 0 Å². The topological polar surface area (TPSA) is 130 Å². The van der Waals surface area contributed by atoms with Crippen molar-refractivity contribution >= 4 is 23.8 Å². The number of carbonyl (C=O) groups is 2. The number of amides is 2. The molecule has 0 radical (unpaired) electrons. The number of carboxylic acid groups (broad SMARTS) is 1. The molecule has 20 heavy (non-hydrogen) atoms. The number of rotatable bonds is 7. The van der Waals surface area contributed by atoms with Crippen LogP contribution in [0.4, 0.5) is 4.79 Å². The van der Waals surface area contributed by atoms with Crippen molar-refractivity contribution in [1.29, 1.82) is 0 Å². The molecule has 0 aromatic rings. The minimum Gasteiger partial charge on any atom is -0.481 e. The first-order valence-electron chi connectivity index (χ1n) is 6.90. The lowest BCUT2D eigenvalue weighted by Gasteiger charge is -2.20. The molecule has 2 rings (SSSR count). The molecule has 0 aliphatic carbocycles. The van der Waals surface area contributed by atoms with E-state index in [2.05, 4.69) is 10.6 Å². The predicted molar refractivity (Wildman–Crippen MR) is 77.5 cm³/mol. The van der Waals surface area contributed by atoms with Gasteiger partial charge in [-0.15, -0.1) is 0 Å². The van der Waals surface area contributed by atoms with Crippen LogP contribution in [-0.2, 0) is 4.79 Å². The molecule has 0 saturated carbocycles. The molecule has 8 heteroatoms. The highest BCUT2D eigenvalue weighted by Gasteiger charge is 2.42. The third kappa shape index (κ3) is 3.36. The molecule has 2 aliphatic heterocycles. The Morgan fingerprint density at radius 1 is 1.50 bits per heavy atom. The van der Waals surface area contributed by atoms with Crippen LogP contribution in [0.3, 0.4) is 0 Å². The number of aliphatic carboxylic acids is 1. The molecule has 2 fully saturated rings. The Bertz CT molecular complexity index is 382. The van der Waals surface area contributed by atoms with Crippen molar-refractivity contribution in [3.8, 4) is 0 Å². The van der Waals surface area contributed by atoms with Gasteiger partial charge in [-0.2, -0.15) is 11.8 Å². The van der Waals surface area contributed by atoms with Crippen LogP contribution in [0.1, 0.15) is 19.3 Å². The van der Waals surface area contributed by atoms with Crippen LogP contribution in [0.15, 0.2) is 0 Å². The van der Waals surface area contributed by atoms with Gasteiger partial charge in [-0.05, 0) is 12.8 Å². The molecule has 2 saturated heterocycles. The molecular weight excluding hydrogens is 280 g/mol. The lowest BCUT2D eigenvalue weighted by atomic mass is 9.93. The monoisotopic (exact) mass is 302 g/mol. The fourth-order valence-electron chi connectivity index (χ4n) is 2.87. The number of hydrogen-bond donors (Lipinski definition) is 5. The molecule has 0 spiro atoms. The lowest BCUT2D eigenvalue weighted by molar-refractivity contribution is -0.142. The number of urea groups is 1. The number of fused-ring (bicyclic) bond motifs is 1. The fourth-order valence-corrected chi connectivity index (χ4v) is 4.41. The lowest BCUT2D eigenvalue weighted by Crippen LogP contribution is -2.41. The molecule has 0 aromatic heterocycles. The minimum atomic E-state index is -0.879. The molecule has 7 N–H and O–H groups in total. The Labute approximate surface area is 122 Å². The zero-order valence-corrected chi connectivity index (χ0v) is 12.1. The number of nitrogens with two attached hydrogens (primary N) is 2. The average Bonchev–Trinajstić information content (AvgIpc) is 2.93. The third-order valence-corrected chi connectivity index (χ3v) is 5.56. The SMILES string of the molecule is NCC(N)C(CCC[C@@H]1SC[C@@H]2NC(=O)N[C@@H]21)C(=O)O. The highest BCUT2D eigenvalue weighted by atomic mass is 32.2. The second kappa shape index (κ2) is 6.64. The molecule has 114 valence electrons. The number of hydrogen-bond acceptors (Lipinski definition) is 5. The third-order valence-electron chi connectivity index (χ3n) is 4.05. The largest absolute Gasteiger partial charge is 0.481 e. The van der Waals surface area contributed by atoms with Gasteiger partial charge in [0.05, 0.1) is 18.0 Å². The highest BCUT2D eigenvalue weighted by molar-refractivity contribution is 8.00. The molecule has 0 bridgehead atoms. The van der Waals surface area contributed by atoms with Crippen molar-refractivity contribution in [2.75, 3.05) is 12.3 Å². The van der Waals surface area contributed by atoms with Gasteiger partial charge in [0, 0.05) is 23.6 Å². The van der Waals surface area contributed by atoms with Crippen LogP contribution in [0.25, 0.3) is 0 Å². The van der Waals surface area contributed by atoms with E-state index < -0.39 is 17.9 Å². The fraction of sp³-hybridized carbons (Fsp3) is 0.833. The van der Waals surface area contributed by atoms with Gasteiger partial charge >= 0.3 is 12.0 Å². The molecule has 2 aliphatic rings. The van der Waals surface area contributed by atoms with E-state index in [1.54, 1.807) is 0 Å². The van der Waals surface area contributed by atoms with Crippen molar-refractivity contribution in [2.45, 2.75) is 42.6 Å². The van der Waals surface area contributed by atoms with Gasteiger partial charge in [0.1, 0.15) is 0 Å². The van der Waals surface area contributed by atoms with E-state index in [0.29, 0.717) is 11.7 Å². The predicted octanol–water partition coefficient (Wildman–Crippen LogP) is -0.691. The van der Waals surface area contributed by atoms with Crippen molar-refractivity contribution in [3.63, 3.8) is 0 Å². The normalized spacial score (nSPS) is 31.3. The van der Waals surface area contributed by atoms with Crippen LogP contribution in [0, 0.1) is 5.92 Å². The first kappa shape index (κ1) is 15.4. The zero-order chi connectivity index (χ0) is 14.7. The van der Waals surface area contributed by atoms with E-state index >= 15 is 0 Å². The summed E-state index contributed by atoms with van der Waals surface area (Å²) in [6.45, 7) is 0.180. The Kier molecular flexibility index (Phi) is 5.11. The van der Waals surface area contributed by atoms with E-state index in [1.807, 2.05) is 11.8 Å². The van der Waals surface area contributed by atoms with E-state index in [-0.39, 0.29) is 24.7 Å². The van der Waals surface area contributed by atoms with Gasteiger partial charge in [-0.3, -0.25) is 4.79 Å². The van der Waals surface area contributed by atoms with Crippen molar-refractivity contribution < 1.29 is 14.7 Å². The Balaban J connectivity index is 1.78. The van der Waals surface area contributed by atoms with Gasteiger partial charge in [0.2, 0.25) is 0 Å². The molecule has 2 heterocycles. The van der Waals surface area contributed by atoms with Gasteiger partial charge in [0.25, 0.3) is 0 Å². The summed E-state index contributed by atoms with van der Waals surface area (Å²) in [5.74, 6) is -0.548. The molecule has 5 atom stereocenters. The Morgan fingerprint density at radius 3 is 2.90 bits per heavy atom. The standard InChI is InChI=1S/C12H22N4O3S/c13-4-7(14)6(11(17)18)2-1-3-9-10-8(5-20-9)15-12(19)16-10/h6-10H,1-5,13-14H2,(H,17,18)(H2,15,16,19)/t6?,7?,8-,9-,10-/m0/s1. The second-order valence-electron chi connectivity index (χ2n) is 5.40. The van der Waals surface area contributed by atoms with E-state index in [1.165, 1.54) is 0 Å². The summed E-state index contributed by atoms with van der Waals surface area (Å²) in [5, 5.41) is 15.3. The summed E-state index contributed by atoms with van der Waals surface area (Å²) in [7, 11) is 0. The van der Waals surface area contributed by atoms with Gasteiger partial charge in [0.15, 0.2) is 0 Å². The van der Waals surface area contributed by atoms with Crippen LogP contribution < -0.4 is 22.1 Å². The van der Waals surface area contributed by atoms with E-state index in [4.69, 9.17) is 16.6 Å². The summed E-state index contributed by atoms with van der Waals surface area (Å²) in [4.78, 5) is 22.4. The Hall–Kier alpha value is -0.990. The summed E-state index contributed by atoms with van der Waals surface area (Å²) >= 11 is 1.83. The first-order valence-corrected chi connectivity index (χ1v) is 7.95. The summed E-state index contributed by atoms with van der Waals surface area (Å²) in [5.41, 5.74) is 11.2. The summed E-state index contributed by atoms with van der Waals surface area (Å²) < 4.78 is 0. The summed E-state index contributed by atoms with van der Waals surface area (Å²) in [6, 6.07) is -0.221.